The fourth-order valence-electron chi connectivity index (χ4n) is 3.85. The molecule has 2 N–H and O–H groups in total. The van der Waals surface area contributed by atoms with Crippen molar-refractivity contribution < 1.29 is 23.5 Å². The van der Waals surface area contributed by atoms with Gasteiger partial charge >= 0.3 is 0 Å². The number of likely N-dealkylation sites (tertiary alicyclic amines) is 1. The molecule has 32 heavy (non-hydrogen) atoms. The zero-order valence-corrected chi connectivity index (χ0v) is 18.1. The quantitative estimate of drug-likeness (QED) is 0.615. The van der Waals surface area contributed by atoms with E-state index in [1.54, 1.807) is 23.1 Å². The minimum atomic E-state index is -0.840. The van der Waals surface area contributed by atoms with Gasteiger partial charge in [0, 0.05) is 32.3 Å². The van der Waals surface area contributed by atoms with Gasteiger partial charge in [-0.2, -0.15) is 0 Å². The molecule has 0 spiro atoms. The van der Waals surface area contributed by atoms with E-state index in [0.717, 1.165) is 0 Å². The predicted molar refractivity (Wildman–Crippen MR) is 118 cm³/mol. The summed E-state index contributed by atoms with van der Waals surface area (Å²) in [4.78, 5) is 40.0. The standard InChI is InChI=1S/C24H28FN3O4/c1-32-16-13-26-23(30)21(27-22(29)19-9-5-6-10-20(19)25)17-11-14-28(15-12-17)24(31)18-7-3-2-4-8-18/h2-10,17,21H,11-16H2,1H3,(H,26,30)(H,27,29). The molecule has 8 heteroatoms. The van der Waals surface area contributed by atoms with Crippen LogP contribution in [0, 0.1) is 11.7 Å². The summed E-state index contributed by atoms with van der Waals surface area (Å²) in [5, 5.41) is 5.47. The van der Waals surface area contributed by atoms with Gasteiger partial charge in [0.1, 0.15) is 11.9 Å². The van der Waals surface area contributed by atoms with E-state index in [1.165, 1.54) is 25.3 Å². The van der Waals surface area contributed by atoms with Crippen LogP contribution in [-0.4, -0.2) is 62.0 Å². The first-order valence-corrected chi connectivity index (χ1v) is 10.7. The second kappa shape index (κ2) is 11.4. The molecule has 170 valence electrons. The van der Waals surface area contributed by atoms with Gasteiger partial charge in [0.05, 0.1) is 12.2 Å². The van der Waals surface area contributed by atoms with Crippen molar-refractivity contribution in [1.29, 1.82) is 0 Å². The van der Waals surface area contributed by atoms with Crippen LogP contribution >= 0.6 is 0 Å². The molecule has 1 heterocycles. The van der Waals surface area contributed by atoms with Crippen LogP contribution in [0.5, 0.6) is 0 Å². The Morgan fingerprint density at radius 1 is 1.06 bits per heavy atom. The fourth-order valence-corrected chi connectivity index (χ4v) is 3.85. The molecule has 0 radical (unpaired) electrons. The number of hydrogen-bond acceptors (Lipinski definition) is 4. The summed E-state index contributed by atoms with van der Waals surface area (Å²) in [5.74, 6) is -1.88. The van der Waals surface area contributed by atoms with Crippen molar-refractivity contribution in [1.82, 2.24) is 15.5 Å². The lowest BCUT2D eigenvalue weighted by Gasteiger charge is -2.36. The van der Waals surface area contributed by atoms with Gasteiger partial charge in [0.15, 0.2) is 0 Å². The average Bonchev–Trinajstić information content (AvgIpc) is 2.83. The van der Waals surface area contributed by atoms with Crippen molar-refractivity contribution in [3.63, 3.8) is 0 Å². The van der Waals surface area contributed by atoms with E-state index >= 15 is 0 Å². The van der Waals surface area contributed by atoms with E-state index in [2.05, 4.69) is 10.6 Å². The molecule has 1 aliphatic heterocycles. The fraction of sp³-hybridized carbons (Fsp3) is 0.375. The summed E-state index contributed by atoms with van der Waals surface area (Å²) in [5.41, 5.74) is 0.506. The molecule has 0 saturated carbocycles. The molecule has 7 nitrogen and oxygen atoms in total. The lowest BCUT2D eigenvalue weighted by molar-refractivity contribution is -0.124. The molecule has 1 fully saturated rings. The first kappa shape index (κ1) is 23.4. The van der Waals surface area contributed by atoms with Gasteiger partial charge in [-0.1, -0.05) is 30.3 Å². The van der Waals surface area contributed by atoms with Crippen molar-refractivity contribution in [2.45, 2.75) is 18.9 Å². The highest BCUT2D eigenvalue weighted by Crippen LogP contribution is 2.23. The number of methoxy groups -OCH3 is 1. The molecule has 1 saturated heterocycles. The summed E-state index contributed by atoms with van der Waals surface area (Å²) in [6.45, 7) is 1.57. The Hall–Kier alpha value is -3.26. The van der Waals surface area contributed by atoms with Crippen molar-refractivity contribution in [2.75, 3.05) is 33.4 Å². The summed E-state index contributed by atoms with van der Waals surface area (Å²) < 4.78 is 19.0. The number of halogens is 1. The van der Waals surface area contributed by atoms with Gasteiger partial charge in [0.2, 0.25) is 5.91 Å². The highest BCUT2D eigenvalue weighted by Gasteiger charge is 2.34. The van der Waals surface area contributed by atoms with Crippen LogP contribution < -0.4 is 10.6 Å². The van der Waals surface area contributed by atoms with E-state index in [9.17, 15) is 18.8 Å². The number of rotatable bonds is 8. The topological polar surface area (TPSA) is 87.7 Å². The maximum absolute atomic E-state index is 14.1. The maximum Gasteiger partial charge on any atom is 0.254 e. The van der Waals surface area contributed by atoms with Gasteiger partial charge in [0.25, 0.3) is 11.8 Å². The molecule has 1 unspecified atom stereocenters. The summed E-state index contributed by atoms with van der Waals surface area (Å²) >= 11 is 0. The van der Waals surface area contributed by atoms with Crippen LogP contribution in [0.3, 0.4) is 0 Å². The third-order valence-electron chi connectivity index (χ3n) is 5.61. The molecule has 2 aromatic rings. The molecule has 0 bridgehead atoms. The second-order valence-corrected chi connectivity index (χ2v) is 7.71. The third-order valence-corrected chi connectivity index (χ3v) is 5.61. The molecular formula is C24H28FN3O4. The predicted octanol–water partition coefficient (Wildman–Crippen LogP) is 2.24. The van der Waals surface area contributed by atoms with Gasteiger partial charge in [-0.25, -0.2) is 4.39 Å². The van der Waals surface area contributed by atoms with Crippen molar-refractivity contribution in [2.24, 2.45) is 5.92 Å². The van der Waals surface area contributed by atoms with E-state index < -0.39 is 17.8 Å². The van der Waals surface area contributed by atoms with Crippen molar-refractivity contribution in [3.05, 3.63) is 71.5 Å². The summed E-state index contributed by atoms with van der Waals surface area (Å²) in [6, 6.07) is 13.9. The number of hydrogen-bond donors (Lipinski definition) is 2. The normalized spacial score (nSPS) is 15.1. The molecule has 2 aromatic carbocycles. The Morgan fingerprint density at radius 3 is 2.38 bits per heavy atom. The second-order valence-electron chi connectivity index (χ2n) is 7.71. The molecule has 1 atom stereocenters. The monoisotopic (exact) mass is 441 g/mol. The lowest BCUT2D eigenvalue weighted by Crippen LogP contribution is -2.54. The Bertz CT molecular complexity index is 930. The molecule has 1 aliphatic rings. The van der Waals surface area contributed by atoms with Crippen LogP contribution in [0.4, 0.5) is 4.39 Å². The highest BCUT2D eigenvalue weighted by molar-refractivity contribution is 5.98. The SMILES string of the molecule is COCCNC(=O)C(NC(=O)c1ccccc1F)C1CCN(C(=O)c2ccccc2)CC1. The van der Waals surface area contributed by atoms with Crippen LogP contribution in [0.25, 0.3) is 0 Å². The Balaban J connectivity index is 1.68. The molecule has 0 aromatic heterocycles. The first-order chi connectivity index (χ1) is 15.5. The molecule has 3 rings (SSSR count). The van der Waals surface area contributed by atoms with E-state index in [-0.39, 0.29) is 23.3 Å². The number of nitrogens with one attached hydrogen (secondary N) is 2. The minimum Gasteiger partial charge on any atom is -0.383 e. The van der Waals surface area contributed by atoms with Crippen LogP contribution in [0.15, 0.2) is 54.6 Å². The minimum absolute atomic E-state index is 0.0551. The zero-order chi connectivity index (χ0) is 22.9. The number of benzene rings is 2. The van der Waals surface area contributed by atoms with Crippen molar-refractivity contribution >= 4 is 17.7 Å². The van der Waals surface area contributed by atoms with Gasteiger partial charge < -0.3 is 20.3 Å². The zero-order valence-electron chi connectivity index (χ0n) is 18.1. The lowest BCUT2D eigenvalue weighted by atomic mass is 9.88. The van der Waals surface area contributed by atoms with Gasteiger partial charge in [-0.05, 0) is 43.0 Å². The number of carbonyl (C=O) groups excluding carboxylic acids is 3. The van der Waals surface area contributed by atoms with Crippen LogP contribution in [0.2, 0.25) is 0 Å². The third kappa shape index (κ3) is 5.91. The number of amides is 3. The molecule has 0 aliphatic carbocycles. The molecular weight excluding hydrogens is 413 g/mol. The van der Waals surface area contributed by atoms with Gasteiger partial charge in [-0.15, -0.1) is 0 Å². The number of ether oxygens (including phenoxy) is 1. The van der Waals surface area contributed by atoms with Crippen molar-refractivity contribution in [3.8, 4) is 0 Å². The average molecular weight is 442 g/mol. The van der Waals surface area contributed by atoms with E-state index in [4.69, 9.17) is 4.74 Å². The van der Waals surface area contributed by atoms with Crippen LogP contribution in [0.1, 0.15) is 33.6 Å². The largest absolute Gasteiger partial charge is 0.383 e. The summed E-state index contributed by atoms with van der Waals surface area (Å²) in [6.07, 6.45) is 1.08. The van der Waals surface area contributed by atoms with Crippen LogP contribution in [-0.2, 0) is 9.53 Å². The van der Waals surface area contributed by atoms with E-state index in [1.807, 2.05) is 18.2 Å². The number of piperidine rings is 1. The summed E-state index contributed by atoms with van der Waals surface area (Å²) in [7, 11) is 1.53. The van der Waals surface area contributed by atoms with Gasteiger partial charge in [-0.3, -0.25) is 14.4 Å². The molecule has 3 amide bonds. The Morgan fingerprint density at radius 2 is 1.72 bits per heavy atom. The number of carbonyl (C=O) groups is 3. The highest BCUT2D eigenvalue weighted by atomic mass is 19.1. The smallest absolute Gasteiger partial charge is 0.254 e. The van der Waals surface area contributed by atoms with E-state index in [0.29, 0.717) is 44.6 Å². The Kier molecular flexibility index (Phi) is 8.33. The maximum atomic E-state index is 14.1. The Labute approximate surface area is 186 Å². The first-order valence-electron chi connectivity index (χ1n) is 10.7. The number of nitrogens with zero attached hydrogens (tertiary/aromatic N) is 1.